The zero-order chi connectivity index (χ0) is 12.0. The van der Waals surface area contributed by atoms with E-state index in [0.29, 0.717) is 11.6 Å². The number of hydrogen-bond donors (Lipinski definition) is 1. The Balaban J connectivity index is 2.27. The fraction of sp³-hybridized carbons (Fsp3) is 0.308. The molecule has 1 aromatic heterocycles. The second-order valence-electron chi connectivity index (χ2n) is 4.37. The number of aromatic carboxylic acids is 1. The fourth-order valence-electron chi connectivity index (χ4n) is 2.18. The molecule has 1 fully saturated rings. The van der Waals surface area contributed by atoms with E-state index in [9.17, 15) is 9.90 Å². The second kappa shape index (κ2) is 3.52. The van der Waals surface area contributed by atoms with Gasteiger partial charge in [0.2, 0.25) is 0 Å². The quantitative estimate of drug-likeness (QED) is 0.883. The number of carboxylic acid groups (broad SMARTS) is 1. The molecule has 3 rings (SSSR count). The lowest BCUT2D eigenvalue weighted by atomic mass is 10.2. The van der Waals surface area contributed by atoms with Gasteiger partial charge >= 0.3 is 5.97 Å². The first-order valence-corrected chi connectivity index (χ1v) is 5.62. The van der Waals surface area contributed by atoms with E-state index in [1.165, 1.54) is 0 Å². The molecule has 1 aliphatic rings. The Bertz CT molecular complexity index is 596. The van der Waals surface area contributed by atoms with Gasteiger partial charge in [-0.2, -0.15) is 0 Å². The first-order valence-electron chi connectivity index (χ1n) is 5.62. The lowest BCUT2D eigenvalue weighted by molar-refractivity contribution is 0.0699. The van der Waals surface area contributed by atoms with Crippen molar-refractivity contribution in [2.75, 3.05) is 7.11 Å². The highest BCUT2D eigenvalue weighted by molar-refractivity contribution is 6.03. The van der Waals surface area contributed by atoms with Crippen LogP contribution in [0.1, 0.15) is 29.2 Å². The molecule has 0 bridgehead atoms. The summed E-state index contributed by atoms with van der Waals surface area (Å²) in [6, 6.07) is 5.97. The summed E-state index contributed by atoms with van der Waals surface area (Å²) in [6.45, 7) is 0. The molecule has 1 saturated carbocycles. The minimum Gasteiger partial charge on any atom is -0.497 e. The van der Waals surface area contributed by atoms with Crippen molar-refractivity contribution in [3.8, 4) is 5.75 Å². The molecule has 0 aliphatic heterocycles. The highest BCUT2D eigenvalue weighted by Crippen LogP contribution is 2.39. The summed E-state index contributed by atoms with van der Waals surface area (Å²) in [5, 5.41) is 9.96. The first-order chi connectivity index (χ1) is 8.20. The van der Waals surface area contributed by atoms with Gasteiger partial charge in [0.1, 0.15) is 5.75 Å². The molecule has 0 amide bonds. The lowest BCUT2D eigenvalue weighted by Gasteiger charge is -2.04. The Morgan fingerprint density at radius 1 is 1.47 bits per heavy atom. The predicted octanol–water partition coefficient (Wildman–Crippen LogP) is 2.68. The van der Waals surface area contributed by atoms with Crippen LogP contribution in [0.15, 0.2) is 24.4 Å². The van der Waals surface area contributed by atoms with E-state index < -0.39 is 5.97 Å². The van der Waals surface area contributed by atoms with Gasteiger partial charge in [-0.15, -0.1) is 0 Å². The molecule has 0 atom stereocenters. The molecular weight excluding hydrogens is 218 g/mol. The molecule has 1 N–H and O–H groups in total. The van der Waals surface area contributed by atoms with Crippen LogP contribution in [0.25, 0.3) is 10.9 Å². The fourth-order valence-corrected chi connectivity index (χ4v) is 2.18. The third-order valence-corrected chi connectivity index (χ3v) is 3.21. The van der Waals surface area contributed by atoms with E-state index in [1.807, 2.05) is 12.1 Å². The normalized spacial score (nSPS) is 15.1. The maximum atomic E-state index is 11.2. The Hall–Kier alpha value is -1.97. The summed E-state index contributed by atoms with van der Waals surface area (Å²) < 4.78 is 7.24. The highest BCUT2D eigenvalue weighted by Gasteiger charge is 2.27. The van der Waals surface area contributed by atoms with Crippen LogP contribution in [0.4, 0.5) is 0 Å². The molecule has 2 aromatic rings. The minimum atomic E-state index is -0.875. The summed E-state index contributed by atoms with van der Waals surface area (Å²) in [6.07, 6.45) is 3.99. The largest absolute Gasteiger partial charge is 0.497 e. The summed E-state index contributed by atoms with van der Waals surface area (Å²) in [7, 11) is 1.61. The monoisotopic (exact) mass is 231 g/mol. The average Bonchev–Trinajstić information content (AvgIpc) is 3.09. The van der Waals surface area contributed by atoms with Gasteiger partial charge in [0.05, 0.1) is 18.2 Å². The van der Waals surface area contributed by atoms with E-state index in [0.717, 1.165) is 29.5 Å². The predicted molar refractivity (Wildman–Crippen MR) is 63.7 cm³/mol. The number of rotatable bonds is 3. The number of benzene rings is 1. The van der Waals surface area contributed by atoms with Crippen LogP contribution in [0.5, 0.6) is 5.75 Å². The van der Waals surface area contributed by atoms with E-state index in [4.69, 9.17) is 4.74 Å². The van der Waals surface area contributed by atoms with Gasteiger partial charge in [0.15, 0.2) is 0 Å². The molecule has 1 aromatic carbocycles. The Labute approximate surface area is 98.4 Å². The van der Waals surface area contributed by atoms with Gasteiger partial charge in [-0.25, -0.2) is 4.79 Å². The van der Waals surface area contributed by atoms with Crippen LogP contribution in [-0.2, 0) is 0 Å². The number of fused-ring (bicyclic) bond motifs is 1. The van der Waals surface area contributed by atoms with Crippen molar-refractivity contribution in [2.45, 2.75) is 18.9 Å². The topological polar surface area (TPSA) is 51.5 Å². The van der Waals surface area contributed by atoms with Gasteiger partial charge < -0.3 is 14.4 Å². The van der Waals surface area contributed by atoms with Crippen molar-refractivity contribution in [2.24, 2.45) is 0 Å². The number of aromatic nitrogens is 1. The molecule has 17 heavy (non-hydrogen) atoms. The van der Waals surface area contributed by atoms with Crippen molar-refractivity contribution in [1.82, 2.24) is 4.57 Å². The van der Waals surface area contributed by atoms with Gasteiger partial charge in [-0.3, -0.25) is 0 Å². The maximum Gasteiger partial charge on any atom is 0.337 e. The van der Waals surface area contributed by atoms with Gasteiger partial charge in [-0.1, -0.05) is 0 Å². The number of carboxylic acids is 1. The molecule has 0 unspecified atom stereocenters. The second-order valence-corrected chi connectivity index (χ2v) is 4.37. The standard InChI is InChI=1S/C13H13NO3/c1-17-9-4-5-10-11(13(15)16)7-14(8-2-3-8)12(10)6-9/h4-8H,2-3H2,1H3,(H,15,16). The van der Waals surface area contributed by atoms with E-state index in [2.05, 4.69) is 4.57 Å². The van der Waals surface area contributed by atoms with Crippen LogP contribution < -0.4 is 4.74 Å². The number of hydrogen-bond acceptors (Lipinski definition) is 2. The molecule has 0 radical (unpaired) electrons. The molecule has 1 aliphatic carbocycles. The van der Waals surface area contributed by atoms with Crippen LogP contribution in [0.3, 0.4) is 0 Å². The molecule has 4 heteroatoms. The van der Waals surface area contributed by atoms with Crippen molar-refractivity contribution in [1.29, 1.82) is 0 Å². The SMILES string of the molecule is COc1ccc2c(C(=O)O)cn(C3CC3)c2c1. The molecule has 0 saturated heterocycles. The Morgan fingerprint density at radius 2 is 2.24 bits per heavy atom. The summed E-state index contributed by atoms with van der Waals surface area (Å²) in [5.41, 5.74) is 1.32. The van der Waals surface area contributed by atoms with Gasteiger partial charge in [-0.05, 0) is 25.0 Å². The zero-order valence-corrected chi connectivity index (χ0v) is 9.51. The van der Waals surface area contributed by atoms with Crippen LogP contribution in [0, 0.1) is 0 Å². The van der Waals surface area contributed by atoms with Crippen LogP contribution in [-0.4, -0.2) is 22.8 Å². The summed E-state index contributed by atoms with van der Waals surface area (Å²) in [4.78, 5) is 11.2. The molecular formula is C13H13NO3. The molecule has 4 nitrogen and oxygen atoms in total. The zero-order valence-electron chi connectivity index (χ0n) is 9.51. The van der Waals surface area contributed by atoms with Gasteiger partial charge in [0.25, 0.3) is 0 Å². The van der Waals surface area contributed by atoms with Crippen molar-refractivity contribution in [3.05, 3.63) is 30.0 Å². The third-order valence-electron chi connectivity index (χ3n) is 3.21. The minimum absolute atomic E-state index is 0.370. The van der Waals surface area contributed by atoms with Crippen molar-refractivity contribution >= 4 is 16.9 Å². The smallest absolute Gasteiger partial charge is 0.337 e. The van der Waals surface area contributed by atoms with Crippen molar-refractivity contribution in [3.63, 3.8) is 0 Å². The summed E-state index contributed by atoms with van der Waals surface area (Å²) in [5.74, 6) is -0.117. The summed E-state index contributed by atoms with van der Waals surface area (Å²) >= 11 is 0. The van der Waals surface area contributed by atoms with Crippen LogP contribution >= 0.6 is 0 Å². The van der Waals surface area contributed by atoms with Gasteiger partial charge in [0, 0.05) is 23.7 Å². The number of nitrogens with zero attached hydrogens (tertiary/aromatic N) is 1. The Morgan fingerprint density at radius 3 is 2.82 bits per heavy atom. The maximum absolute atomic E-state index is 11.2. The Kier molecular flexibility index (Phi) is 2.11. The number of ether oxygens (including phenoxy) is 1. The van der Waals surface area contributed by atoms with E-state index in [-0.39, 0.29) is 0 Å². The number of methoxy groups -OCH3 is 1. The molecule has 88 valence electrons. The molecule has 1 heterocycles. The first kappa shape index (κ1) is 10.2. The lowest BCUT2D eigenvalue weighted by Crippen LogP contribution is -1.94. The molecule has 0 spiro atoms. The highest BCUT2D eigenvalue weighted by atomic mass is 16.5. The van der Waals surface area contributed by atoms with E-state index in [1.54, 1.807) is 19.4 Å². The van der Waals surface area contributed by atoms with E-state index >= 15 is 0 Å². The van der Waals surface area contributed by atoms with Crippen LogP contribution in [0.2, 0.25) is 0 Å². The average molecular weight is 231 g/mol. The number of carbonyl (C=O) groups is 1. The van der Waals surface area contributed by atoms with Crippen molar-refractivity contribution < 1.29 is 14.6 Å². The third kappa shape index (κ3) is 1.56.